The number of hydrogen-bond acceptors (Lipinski definition) is 3. The number of nitrogens with two attached hydrogens (primary N) is 1. The van der Waals surface area contributed by atoms with Crippen molar-refractivity contribution >= 4 is 11.3 Å². The molecule has 0 aliphatic carbocycles. The van der Waals surface area contributed by atoms with Gasteiger partial charge in [0.25, 0.3) is 0 Å². The molecule has 0 saturated heterocycles. The van der Waals surface area contributed by atoms with Crippen LogP contribution in [0.4, 0.5) is 0 Å². The maximum Gasteiger partial charge on any atom is 0.127 e. The third-order valence-corrected chi connectivity index (χ3v) is 2.37. The molecule has 0 unspecified atom stereocenters. The summed E-state index contributed by atoms with van der Waals surface area (Å²) in [6, 6.07) is 0. The van der Waals surface area contributed by atoms with Gasteiger partial charge in [0.1, 0.15) is 5.69 Å². The standard InChI is InChI=1S/C8H10N2S/c1-3-7-6(2)11-8(10-7)4-5-9/h1H,4-5,9H2,2H3. The van der Waals surface area contributed by atoms with Crippen molar-refractivity contribution in [1.29, 1.82) is 0 Å². The molecule has 0 aliphatic heterocycles. The van der Waals surface area contributed by atoms with Crippen molar-refractivity contribution in [2.24, 2.45) is 5.73 Å². The fourth-order valence-electron chi connectivity index (χ4n) is 0.816. The third kappa shape index (κ3) is 1.79. The van der Waals surface area contributed by atoms with Crippen molar-refractivity contribution in [2.75, 3.05) is 6.54 Å². The minimum atomic E-state index is 0.636. The molecular formula is C8H10N2S. The number of thiazole rings is 1. The van der Waals surface area contributed by atoms with Gasteiger partial charge in [0.2, 0.25) is 0 Å². The quantitative estimate of drug-likeness (QED) is 0.664. The molecule has 1 aromatic heterocycles. The molecule has 58 valence electrons. The van der Waals surface area contributed by atoms with Gasteiger partial charge in [0.15, 0.2) is 0 Å². The summed E-state index contributed by atoms with van der Waals surface area (Å²) in [6.07, 6.45) is 6.05. The Hall–Kier alpha value is -0.850. The van der Waals surface area contributed by atoms with Crippen LogP contribution in [-0.4, -0.2) is 11.5 Å². The van der Waals surface area contributed by atoms with Crippen LogP contribution >= 0.6 is 11.3 Å². The lowest BCUT2D eigenvalue weighted by Crippen LogP contribution is -2.01. The monoisotopic (exact) mass is 166 g/mol. The highest BCUT2D eigenvalue weighted by Crippen LogP contribution is 2.16. The molecule has 0 bridgehead atoms. The number of aryl methyl sites for hydroxylation is 1. The highest BCUT2D eigenvalue weighted by atomic mass is 32.1. The van der Waals surface area contributed by atoms with Gasteiger partial charge in [-0.3, -0.25) is 0 Å². The van der Waals surface area contributed by atoms with Crippen molar-refractivity contribution in [3.63, 3.8) is 0 Å². The van der Waals surface area contributed by atoms with Gasteiger partial charge in [0.05, 0.1) is 5.01 Å². The highest BCUT2D eigenvalue weighted by Gasteiger charge is 2.03. The van der Waals surface area contributed by atoms with Crippen molar-refractivity contribution in [2.45, 2.75) is 13.3 Å². The highest BCUT2D eigenvalue weighted by molar-refractivity contribution is 7.11. The topological polar surface area (TPSA) is 38.9 Å². The predicted molar refractivity (Wildman–Crippen MR) is 47.5 cm³/mol. The van der Waals surface area contributed by atoms with Crippen LogP contribution in [-0.2, 0) is 6.42 Å². The van der Waals surface area contributed by atoms with Crippen LogP contribution in [0.5, 0.6) is 0 Å². The van der Waals surface area contributed by atoms with E-state index in [1.54, 1.807) is 11.3 Å². The smallest absolute Gasteiger partial charge is 0.127 e. The van der Waals surface area contributed by atoms with E-state index < -0.39 is 0 Å². The molecule has 0 fully saturated rings. The van der Waals surface area contributed by atoms with Gasteiger partial charge in [-0.05, 0) is 19.4 Å². The zero-order valence-electron chi connectivity index (χ0n) is 6.42. The molecule has 0 saturated carbocycles. The van der Waals surface area contributed by atoms with Gasteiger partial charge in [-0.2, -0.15) is 0 Å². The SMILES string of the molecule is C#Cc1nc(CCN)sc1C. The molecule has 3 heteroatoms. The summed E-state index contributed by atoms with van der Waals surface area (Å²) in [5.74, 6) is 2.53. The summed E-state index contributed by atoms with van der Waals surface area (Å²) < 4.78 is 0. The normalized spacial score (nSPS) is 9.55. The second-order valence-corrected chi connectivity index (χ2v) is 3.48. The molecule has 0 radical (unpaired) electrons. The van der Waals surface area contributed by atoms with Crippen LogP contribution < -0.4 is 5.73 Å². The van der Waals surface area contributed by atoms with Crippen molar-refractivity contribution in [1.82, 2.24) is 4.98 Å². The molecule has 2 nitrogen and oxygen atoms in total. The van der Waals surface area contributed by atoms with E-state index in [0.29, 0.717) is 6.54 Å². The fraction of sp³-hybridized carbons (Fsp3) is 0.375. The lowest BCUT2D eigenvalue weighted by molar-refractivity contribution is 0.950. The van der Waals surface area contributed by atoms with Crippen molar-refractivity contribution in [3.8, 4) is 12.3 Å². The van der Waals surface area contributed by atoms with Crippen LogP contribution in [0.1, 0.15) is 15.6 Å². The molecule has 1 rings (SSSR count). The number of hydrogen-bond donors (Lipinski definition) is 1. The molecule has 2 N–H and O–H groups in total. The van der Waals surface area contributed by atoms with Crippen LogP contribution in [0.15, 0.2) is 0 Å². The first kappa shape index (κ1) is 8.25. The summed E-state index contributed by atoms with van der Waals surface area (Å²) in [5.41, 5.74) is 6.14. The fourth-order valence-corrected chi connectivity index (χ4v) is 1.73. The van der Waals surface area contributed by atoms with E-state index in [9.17, 15) is 0 Å². The van der Waals surface area contributed by atoms with Gasteiger partial charge in [0, 0.05) is 11.3 Å². The summed E-state index contributed by atoms with van der Waals surface area (Å²) in [6.45, 7) is 2.61. The van der Waals surface area contributed by atoms with Crippen molar-refractivity contribution < 1.29 is 0 Å². The average molecular weight is 166 g/mol. The summed E-state index contributed by atoms with van der Waals surface area (Å²) in [4.78, 5) is 5.33. The van der Waals surface area contributed by atoms with E-state index in [-0.39, 0.29) is 0 Å². The average Bonchev–Trinajstić information content (AvgIpc) is 2.32. The lowest BCUT2D eigenvalue weighted by atomic mass is 10.4. The number of aromatic nitrogens is 1. The van der Waals surface area contributed by atoms with Gasteiger partial charge < -0.3 is 5.73 Å². The molecule has 1 aromatic rings. The van der Waals surface area contributed by atoms with Gasteiger partial charge in [-0.1, -0.05) is 0 Å². The molecule has 0 atom stereocenters. The minimum Gasteiger partial charge on any atom is -0.330 e. The molecule has 0 aromatic carbocycles. The van der Waals surface area contributed by atoms with Crippen molar-refractivity contribution in [3.05, 3.63) is 15.6 Å². The first-order chi connectivity index (χ1) is 5.27. The largest absolute Gasteiger partial charge is 0.330 e. The van der Waals surface area contributed by atoms with Crippen LogP contribution in [0.3, 0.4) is 0 Å². The molecule has 1 heterocycles. The van der Waals surface area contributed by atoms with Crippen LogP contribution in [0.25, 0.3) is 0 Å². The summed E-state index contributed by atoms with van der Waals surface area (Å²) in [5, 5.41) is 1.04. The van der Waals surface area contributed by atoms with E-state index in [2.05, 4.69) is 10.9 Å². The second kappa shape index (κ2) is 3.51. The zero-order chi connectivity index (χ0) is 8.27. The second-order valence-electron chi connectivity index (χ2n) is 2.20. The first-order valence-corrected chi connectivity index (χ1v) is 4.22. The van der Waals surface area contributed by atoms with Gasteiger partial charge in [-0.15, -0.1) is 17.8 Å². The summed E-state index contributed by atoms with van der Waals surface area (Å²) in [7, 11) is 0. The Bertz CT molecular complexity index is 283. The Morgan fingerprint density at radius 2 is 2.45 bits per heavy atom. The Morgan fingerprint density at radius 1 is 1.73 bits per heavy atom. The third-order valence-electron chi connectivity index (χ3n) is 1.34. The lowest BCUT2D eigenvalue weighted by Gasteiger charge is -1.85. The Kier molecular flexibility index (Phi) is 2.64. The van der Waals surface area contributed by atoms with Gasteiger partial charge >= 0.3 is 0 Å². The zero-order valence-corrected chi connectivity index (χ0v) is 7.24. The molecule has 0 amide bonds. The van der Waals surface area contributed by atoms with Crippen LogP contribution in [0.2, 0.25) is 0 Å². The first-order valence-electron chi connectivity index (χ1n) is 3.41. The van der Waals surface area contributed by atoms with E-state index in [0.717, 1.165) is 22.0 Å². The Labute approximate surface area is 70.5 Å². The molecule has 11 heavy (non-hydrogen) atoms. The number of terminal acetylenes is 1. The van der Waals surface area contributed by atoms with E-state index >= 15 is 0 Å². The molecule has 0 aliphatic rings. The molecule has 0 spiro atoms. The maximum absolute atomic E-state index is 5.38. The van der Waals surface area contributed by atoms with E-state index in [4.69, 9.17) is 12.2 Å². The predicted octanol–water partition coefficient (Wildman–Crippen LogP) is 0.934. The number of nitrogens with zero attached hydrogens (tertiary/aromatic N) is 1. The number of rotatable bonds is 2. The van der Waals surface area contributed by atoms with E-state index in [1.807, 2.05) is 6.92 Å². The maximum atomic E-state index is 5.38. The van der Waals surface area contributed by atoms with E-state index in [1.165, 1.54) is 0 Å². The van der Waals surface area contributed by atoms with Crippen LogP contribution in [0, 0.1) is 19.3 Å². The summed E-state index contributed by atoms with van der Waals surface area (Å²) >= 11 is 1.63. The Morgan fingerprint density at radius 3 is 2.91 bits per heavy atom. The molecular weight excluding hydrogens is 156 g/mol. The minimum absolute atomic E-state index is 0.636. The Balaban J connectivity index is 2.89. The van der Waals surface area contributed by atoms with Gasteiger partial charge in [-0.25, -0.2) is 4.98 Å².